The molecule has 1 rings (SSSR count). The lowest BCUT2D eigenvalue weighted by molar-refractivity contribution is -0.141. The third kappa shape index (κ3) is 3.77. The highest BCUT2D eigenvalue weighted by Gasteiger charge is 2.16. The third-order valence-electron chi connectivity index (χ3n) is 1.87. The van der Waals surface area contributed by atoms with Gasteiger partial charge in [0.25, 0.3) is 0 Å². The van der Waals surface area contributed by atoms with E-state index in [1.54, 1.807) is 6.92 Å². The SMILES string of the molecule is CCC(CNC(=O)Nc1nnns1)C(=O)O. The van der Waals surface area contributed by atoms with Crippen LogP contribution < -0.4 is 10.6 Å². The van der Waals surface area contributed by atoms with E-state index in [-0.39, 0.29) is 11.7 Å². The molecule has 16 heavy (non-hydrogen) atoms. The van der Waals surface area contributed by atoms with Crippen LogP contribution in [-0.2, 0) is 4.79 Å². The molecule has 0 aliphatic heterocycles. The molecule has 0 aliphatic rings. The number of carbonyl (C=O) groups is 2. The molecule has 9 heteroatoms. The van der Waals surface area contributed by atoms with Gasteiger partial charge in [-0.15, -0.1) is 0 Å². The minimum Gasteiger partial charge on any atom is -0.481 e. The number of hydrogen-bond acceptors (Lipinski definition) is 6. The zero-order chi connectivity index (χ0) is 12.0. The summed E-state index contributed by atoms with van der Waals surface area (Å²) in [7, 11) is 0. The number of carboxylic acid groups (broad SMARTS) is 1. The molecule has 1 aromatic heterocycles. The summed E-state index contributed by atoms with van der Waals surface area (Å²) in [6.07, 6.45) is 0.454. The molecule has 88 valence electrons. The summed E-state index contributed by atoms with van der Waals surface area (Å²) in [5.41, 5.74) is 0. The molecule has 8 nitrogen and oxygen atoms in total. The summed E-state index contributed by atoms with van der Waals surface area (Å²) in [6.45, 7) is 1.82. The Morgan fingerprint density at radius 2 is 2.31 bits per heavy atom. The summed E-state index contributed by atoms with van der Waals surface area (Å²) in [5.74, 6) is -1.52. The number of anilines is 1. The van der Waals surface area contributed by atoms with Crippen LogP contribution in [0.3, 0.4) is 0 Å². The second kappa shape index (κ2) is 5.95. The topological polar surface area (TPSA) is 117 Å². The Balaban J connectivity index is 2.32. The zero-order valence-electron chi connectivity index (χ0n) is 8.51. The molecule has 0 bridgehead atoms. The zero-order valence-corrected chi connectivity index (χ0v) is 9.32. The maximum Gasteiger partial charge on any atom is 0.321 e. The summed E-state index contributed by atoms with van der Waals surface area (Å²) < 4.78 is 3.46. The van der Waals surface area contributed by atoms with Crippen LogP contribution in [0.15, 0.2) is 0 Å². The number of urea groups is 1. The molecule has 1 atom stereocenters. The van der Waals surface area contributed by atoms with Crippen molar-refractivity contribution in [3.63, 3.8) is 0 Å². The first kappa shape index (κ1) is 12.3. The molecule has 1 unspecified atom stereocenters. The number of nitrogens with one attached hydrogen (secondary N) is 2. The van der Waals surface area contributed by atoms with Crippen LogP contribution in [0.2, 0.25) is 0 Å². The Hall–Kier alpha value is -1.77. The van der Waals surface area contributed by atoms with E-state index in [9.17, 15) is 9.59 Å². The molecule has 0 spiro atoms. The highest BCUT2D eigenvalue weighted by atomic mass is 32.1. The van der Waals surface area contributed by atoms with Crippen molar-refractivity contribution in [2.45, 2.75) is 13.3 Å². The lowest BCUT2D eigenvalue weighted by atomic mass is 10.1. The van der Waals surface area contributed by atoms with E-state index in [0.717, 1.165) is 11.5 Å². The Bertz CT molecular complexity index is 355. The molecule has 1 heterocycles. The maximum atomic E-state index is 11.2. The van der Waals surface area contributed by atoms with Gasteiger partial charge in [-0.05, 0) is 11.6 Å². The Morgan fingerprint density at radius 3 is 2.81 bits per heavy atom. The molecule has 1 aromatic rings. The van der Waals surface area contributed by atoms with E-state index < -0.39 is 17.9 Å². The average molecular weight is 245 g/mol. The van der Waals surface area contributed by atoms with Gasteiger partial charge in [0.1, 0.15) is 0 Å². The minimum absolute atomic E-state index is 0.0733. The van der Waals surface area contributed by atoms with E-state index in [0.29, 0.717) is 6.42 Å². The second-order valence-electron chi connectivity index (χ2n) is 2.95. The van der Waals surface area contributed by atoms with E-state index in [2.05, 4.69) is 25.4 Å². The first-order valence-corrected chi connectivity index (χ1v) is 5.33. The number of aromatic nitrogens is 3. The monoisotopic (exact) mass is 245 g/mol. The van der Waals surface area contributed by atoms with Crippen LogP contribution in [0.4, 0.5) is 9.93 Å². The number of nitrogens with zero attached hydrogens (tertiary/aromatic N) is 3. The molecule has 0 aromatic carbocycles. The molecule has 2 amide bonds. The van der Waals surface area contributed by atoms with Crippen molar-refractivity contribution in [2.75, 3.05) is 11.9 Å². The minimum atomic E-state index is -0.930. The third-order valence-corrected chi connectivity index (χ3v) is 2.38. The molecular weight excluding hydrogens is 234 g/mol. The predicted octanol–water partition coefficient (Wildman–Crippen LogP) is 0.165. The lowest BCUT2D eigenvalue weighted by Crippen LogP contribution is -2.35. The predicted molar refractivity (Wildman–Crippen MR) is 56.1 cm³/mol. The van der Waals surface area contributed by atoms with Crippen LogP contribution in [0, 0.1) is 5.92 Å². The van der Waals surface area contributed by atoms with E-state index in [1.807, 2.05) is 0 Å². The van der Waals surface area contributed by atoms with Crippen molar-refractivity contribution in [1.82, 2.24) is 20.1 Å². The fourth-order valence-electron chi connectivity index (χ4n) is 0.945. The van der Waals surface area contributed by atoms with Gasteiger partial charge in [-0.2, -0.15) is 0 Å². The van der Waals surface area contributed by atoms with E-state index in [1.165, 1.54) is 0 Å². The first-order chi connectivity index (χ1) is 7.63. The van der Waals surface area contributed by atoms with Crippen molar-refractivity contribution in [3.05, 3.63) is 0 Å². The maximum absolute atomic E-state index is 11.2. The molecule has 0 saturated heterocycles. The number of carbonyl (C=O) groups excluding carboxylic acids is 1. The van der Waals surface area contributed by atoms with Gasteiger partial charge >= 0.3 is 12.0 Å². The number of hydrogen-bond donors (Lipinski definition) is 3. The molecule has 3 N–H and O–H groups in total. The van der Waals surface area contributed by atoms with Crippen molar-refractivity contribution in [3.8, 4) is 0 Å². The number of aliphatic carboxylic acids is 1. The summed E-state index contributed by atoms with van der Waals surface area (Å²) >= 11 is 0.937. The van der Waals surface area contributed by atoms with Gasteiger partial charge in [0.05, 0.1) is 5.92 Å². The molecule has 0 aliphatic carbocycles. The number of amides is 2. The van der Waals surface area contributed by atoms with Gasteiger partial charge in [0, 0.05) is 18.1 Å². The van der Waals surface area contributed by atoms with Gasteiger partial charge in [0.15, 0.2) is 0 Å². The molecule has 0 radical (unpaired) electrons. The first-order valence-electron chi connectivity index (χ1n) is 4.56. The fraction of sp³-hybridized carbons (Fsp3) is 0.571. The molecule has 0 saturated carbocycles. The Morgan fingerprint density at radius 1 is 1.56 bits per heavy atom. The quantitative estimate of drug-likeness (QED) is 0.680. The molecular formula is C7H11N5O3S. The van der Waals surface area contributed by atoms with Gasteiger partial charge in [0.2, 0.25) is 5.13 Å². The second-order valence-corrected chi connectivity index (χ2v) is 3.68. The van der Waals surface area contributed by atoms with Crippen molar-refractivity contribution in [1.29, 1.82) is 0 Å². The van der Waals surface area contributed by atoms with Crippen molar-refractivity contribution in [2.24, 2.45) is 5.92 Å². The molecule has 0 fully saturated rings. The highest BCUT2D eigenvalue weighted by molar-refractivity contribution is 7.09. The standard InChI is InChI=1S/C7H11N5O3S/c1-2-4(5(13)14)3-8-6(15)9-7-10-11-12-16-7/h4H,2-3H2,1H3,(H,13,14)(H2,8,9,10,12,15). The van der Waals surface area contributed by atoms with E-state index in [4.69, 9.17) is 5.11 Å². The van der Waals surface area contributed by atoms with Crippen molar-refractivity contribution >= 4 is 28.7 Å². The highest BCUT2D eigenvalue weighted by Crippen LogP contribution is 2.04. The van der Waals surface area contributed by atoms with Crippen LogP contribution in [0.25, 0.3) is 0 Å². The fourth-order valence-corrected chi connectivity index (χ4v) is 1.31. The number of carboxylic acids is 1. The van der Waals surface area contributed by atoms with Crippen LogP contribution in [0.5, 0.6) is 0 Å². The van der Waals surface area contributed by atoms with Gasteiger partial charge in [-0.1, -0.05) is 16.5 Å². The van der Waals surface area contributed by atoms with Crippen molar-refractivity contribution < 1.29 is 14.7 Å². The van der Waals surface area contributed by atoms with Gasteiger partial charge in [-0.3, -0.25) is 10.1 Å². The van der Waals surface area contributed by atoms with Crippen LogP contribution in [0.1, 0.15) is 13.3 Å². The number of rotatable bonds is 5. The van der Waals surface area contributed by atoms with Gasteiger partial charge < -0.3 is 10.4 Å². The van der Waals surface area contributed by atoms with Gasteiger partial charge in [-0.25, -0.2) is 4.79 Å². The largest absolute Gasteiger partial charge is 0.481 e. The summed E-state index contributed by atoms with van der Waals surface area (Å²) in [5, 5.41) is 20.6. The van der Waals surface area contributed by atoms with Crippen LogP contribution >= 0.6 is 11.5 Å². The average Bonchev–Trinajstić information content (AvgIpc) is 2.70. The van der Waals surface area contributed by atoms with E-state index >= 15 is 0 Å². The summed E-state index contributed by atoms with van der Waals surface area (Å²) in [6, 6.07) is -0.516. The smallest absolute Gasteiger partial charge is 0.321 e. The van der Waals surface area contributed by atoms with Crippen LogP contribution in [-0.4, -0.2) is 38.5 Å². The lowest BCUT2D eigenvalue weighted by Gasteiger charge is -2.10. The Labute approximate surface area is 95.2 Å². The summed E-state index contributed by atoms with van der Waals surface area (Å²) in [4.78, 5) is 21.9. The Kier molecular flexibility index (Phi) is 4.58. The normalized spacial score (nSPS) is 11.8.